The van der Waals surface area contributed by atoms with E-state index in [0.717, 1.165) is 16.9 Å². The Hall–Kier alpha value is -4.13. The summed E-state index contributed by atoms with van der Waals surface area (Å²) in [5, 5.41) is 2.96. The van der Waals surface area contributed by atoms with Crippen LogP contribution in [-0.4, -0.2) is 27.4 Å². The van der Waals surface area contributed by atoms with Crippen LogP contribution < -0.4 is 10.1 Å². The molecule has 0 radical (unpaired) electrons. The van der Waals surface area contributed by atoms with Gasteiger partial charge in [0.05, 0.1) is 24.3 Å². The van der Waals surface area contributed by atoms with Gasteiger partial charge in [0.1, 0.15) is 18.0 Å². The zero-order chi connectivity index (χ0) is 23.9. The number of carbonyl (C=O) groups excluding carboxylic acids is 2. The van der Waals surface area contributed by atoms with Gasteiger partial charge in [-0.25, -0.2) is 4.98 Å². The molecule has 0 fully saturated rings. The fourth-order valence-electron chi connectivity index (χ4n) is 3.60. The Morgan fingerprint density at radius 2 is 1.79 bits per heavy atom. The maximum Gasteiger partial charge on any atom is 0.308 e. The first-order valence-corrected chi connectivity index (χ1v) is 11.2. The smallest absolute Gasteiger partial charge is 0.308 e. The number of pyridine rings is 1. The topological polar surface area (TPSA) is 81.9 Å². The number of carbonyl (C=O) groups is 2. The molecule has 4 aromatic rings. The van der Waals surface area contributed by atoms with Gasteiger partial charge in [0.25, 0.3) is 5.91 Å². The standard InChI is InChI=1S/C27H27N3O4/c1-19(2)34-26(31)16-24(20-9-4-3-5-10-20)29-27(32)21-11-8-12-23(15-21)33-18-22-17-30-14-7-6-13-25(30)28-22/h3-15,17,19,24H,16,18H2,1-2H3,(H,29,32). The van der Waals surface area contributed by atoms with Crippen molar-refractivity contribution in [3.8, 4) is 5.75 Å². The van der Waals surface area contributed by atoms with Crippen molar-refractivity contribution in [1.29, 1.82) is 0 Å². The van der Waals surface area contributed by atoms with E-state index in [9.17, 15) is 9.59 Å². The van der Waals surface area contributed by atoms with Crippen LogP contribution in [0.2, 0.25) is 0 Å². The molecule has 174 valence electrons. The number of nitrogens with one attached hydrogen (secondary N) is 1. The van der Waals surface area contributed by atoms with Crippen molar-refractivity contribution in [1.82, 2.24) is 14.7 Å². The van der Waals surface area contributed by atoms with E-state index < -0.39 is 6.04 Å². The second-order valence-electron chi connectivity index (χ2n) is 8.19. The van der Waals surface area contributed by atoms with E-state index in [1.54, 1.807) is 38.1 Å². The maximum atomic E-state index is 13.0. The molecule has 1 N–H and O–H groups in total. The number of nitrogens with zero attached hydrogens (tertiary/aromatic N) is 2. The van der Waals surface area contributed by atoms with Gasteiger partial charge in [0, 0.05) is 18.0 Å². The number of amides is 1. The van der Waals surface area contributed by atoms with Crippen molar-refractivity contribution >= 4 is 17.5 Å². The minimum Gasteiger partial charge on any atom is -0.487 e. The Morgan fingerprint density at radius 1 is 1.00 bits per heavy atom. The molecule has 0 saturated heterocycles. The summed E-state index contributed by atoms with van der Waals surface area (Å²) < 4.78 is 13.1. The molecule has 7 heteroatoms. The normalized spacial score (nSPS) is 11.9. The highest BCUT2D eigenvalue weighted by atomic mass is 16.5. The molecule has 0 aliphatic rings. The minimum atomic E-state index is -0.512. The number of rotatable bonds is 9. The monoisotopic (exact) mass is 457 g/mol. The number of fused-ring (bicyclic) bond motifs is 1. The SMILES string of the molecule is CC(C)OC(=O)CC(NC(=O)c1cccc(OCc2cn3ccccc3n2)c1)c1ccccc1. The molecule has 1 unspecified atom stereocenters. The molecule has 1 atom stereocenters. The molecular weight excluding hydrogens is 430 g/mol. The molecule has 2 aromatic carbocycles. The molecular formula is C27H27N3O4. The van der Waals surface area contributed by atoms with Crippen LogP contribution in [0.25, 0.3) is 5.65 Å². The Balaban J connectivity index is 1.44. The summed E-state index contributed by atoms with van der Waals surface area (Å²) in [5.74, 6) is -0.113. The summed E-state index contributed by atoms with van der Waals surface area (Å²) in [6.07, 6.45) is 3.66. The van der Waals surface area contributed by atoms with Crippen LogP contribution in [0.5, 0.6) is 5.75 Å². The van der Waals surface area contributed by atoms with Crippen molar-refractivity contribution in [3.05, 3.63) is 102 Å². The van der Waals surface area contributed by atoms with E-state index in [0.29, 0.717) is 11.3 Å². The van der Waals surface area contributed by atoms with Crippen LogP contribution in [-0.2, 0) is 16.1 Å². The Bertz CT molecular complexity index is 1230. The highest BCUT2D eigenvalue weighted by Crippen LogP contribution is 2.20. The molecule has 34 heavy (non-hydrogen) atoms. The molecule has 2 aromatic heterocycles. The van der Waals surface area contributed by atoms with Gasteiger partial charge in [0.2, 0.25) is 0 Å². The zero-order valence-electron chi connectivity index (χ0n) is 19.2. The number of hydrogen-bond donors (Lipinski definition) is 1. The van der Waals surface area contributed by atoms with Crippen molar-refractivity contribution in [2.24, 2.45) is 0 Å². The molecule has 2 heterocycles. The van der Waals surface area contributed by atoms with Crippen LogP contribution in [0, 0.1) is 0 Å². The predicted octanol–water partition coefficient (Wildman–Crippen LogP) is 4.73. The minimum absolute atomic E-state index is 0.0397. The van der Waals surface area contributed by atoms with Gasteiger partial charge >= 0.3 is 5.97 Å². The molecule has 0 spiro atoms. The first-order valence-electron chi connectivity index (χ1n) is 11.2. The van der Waals surface area contributed by atoms with E-state index in [1.165, 1.54) is 0 Å². The van der Waals surface area contributed by atoms with E-state index in [4.69, 9.17) is 9.47 Å². The lowest BCUT2D eigenvalue weighted by Crippen LogP contribution is -2.31. The molecule has 0 aliphatic carbocycles. The fourth-order valence-corrected chi connectivity index (χ4v) is 3.60. The predicted molar refractivity (Wildman–Crippen MR) is 128 cm³/mol. The molecule has 1 amide bonds. The summed E-state index contributed by atoms with van der Waals surface area (Å²) in [6, 6.07) is 21.6. The van der Waals surface area contributed by atoms with Gasteiger partial charge in [-0.2, -0.15) is 0 Å². The zero-order valence-corrected chi connectivity index (χ0v) is 19.2. The number of imidazole rings is 1. The summed E-state index contributed by atoms with van der Waals surface area (Å²) in [6.45, 7) is 3.87. The van der Waals surface area contributed by atoms with Crippen LogP contribution in [0.15, 0.2) is 85.2 Å². The number of aromatic nitrogens is 2. The molecule has 7 nitrogen and oxygen atoms in total. The molecule has 0 aliphatic heterocycles. The van der Waals surface area contributed by atoms with Crippen LogP contribution >= 0.6 is 0 Å². The summed E-state index contributed by atoms with van der Waals surface area (Å²) in [4.78, 5) is 29.9. The first kappa shape index (κ1) is 23.0. The third kappa shape index (κ3) is 6.01. The molecule has 0 bridgehead atoms. The van der Waals surface area contributed by atoms with E-state index in [1.807, 2.05) is 65.3 Å². The summed E-state index contributed by atoms with van der Waals surface area (Å²) >= 11 is 0. The van der Waals surface area contributed by atoms with Crippen LogP contribution in [0.4, 0.5) is 0 Å². The highest BCUT2D eigenvalue weighted by molar-refractivity contribution is 5.95. The Kier molecular flexibility index (Phi) is 7.22. The number of ether oxygens (including phenoxy) is 2. The lowest BCUT2D eigenvalue weighted by molar-refractivity contribution is -0.147. The summed E-state index contributed by atoms with van der Waals surface area (Å²) in [5.41, 5.74) is 2.90. The largest absolute Gasteiger partial charge is 0.487 e. The van der Waals surface area contributed by atoms with Gasteiger partial charge in [-0.05, 0) is 49.7 Å². The maximum absolute atomic E-state index is 13.0. The van der Waals surface area contributed by atoms with Crippen molar-refractivity contribution in [2.45, 2.75) is 39.0 Å². The van der Waals surface area contributed by atoms with Crippen LogP contribution in [0.1, 0.15) is 47.9 Å². The van der Waals surface area contributed by atoms with Gasteiger partial charge in [-0.15, -0.1) is 0 Å². The van der Waals surface area contributed by atoms with Crippen molar-refractivity contribution < 1.29 is 19.1 Å². The summed E-state index contributed by atoms with van der Waals surface area (Å²) in [7, 11) is 0. The third-order valence-corrected chi connectivity index (χ3v) is 5.14. The quantitative estimate of drug-likeness (QED) is 0.368. The molecule has 4 rings (SSSR count). The second kappa shape index (κ2) is 10.7. The number of hydrogen-bond acceptors (Lipinski definition) is 5. The number of esters is 1. The Morgan fingerprint density at radius 3 is 2.56 bits per heavy atom. The van der Waals surface area contributed by atoms with Gasteiger partial charge in [-0.1, -0.05) is 42.5 Å². The van der Waals surface area contributed by atoms with Crippen molar-refractivity contribution in [2.75, 3.05) is 0 Å². The average Bonchev–Trinajstić information content (AvgIpc) is 3.26. The number of benzene rings is 2. The lowest BCUT2D eigenvalue weighted by Gasteiger charge is -2.19. The van der Waals surface area contributed by atoms with E-state index >= 15 is 0 Å². The first-order chi connectivity index (χ1) is 16.5. The van der Waals surface area contributed by atoms with E-state index in [-0.39, 0.29) is 31.0 Å². The molecule has 0 saturated carbocycles. The second-order valence-corrected chi connectivity index (χ2v) is 8.19. The lowest BCUT2D eigenvalue weighted by atomic mass is 10.0. The fraction of sp³-hybridized carbons (Fsp3) is 0.222. The van der Waals surface area contributed by atoms with Crippen LogP contribution in [0.3, 0.4) is 0 Å². The van der Waals surface area contributed by atoms with Crippen molar-refractivity contribution in [3.63, 3.8) is 0 Å². The van der Waals surface area contributed by atoms with Gasteiger partial charge in [-0.3, -0.25) is 9.59 Å². The average molecular weight is 458 g/mol. The highest BCUT2D eigenvalue weighted by Gasteiger charge is 2.21. The van der Waals surface area contributed by atoms with Gasteiger partial charge in [0.15, 0.2) is 0 Å². The third-order valence-electron chi connectivity index (χ3n) is 5.14. The van der Waals surface area contributed by atoms with E-state index in [2.05, 4.69) is 10.3 Å². The van der Waals surface area contributed by atoms with Gasteiger partial charge < -0.3 is 19.2 Å². The Labute approximate surface area is 198 Å².